The summed E-state index contributed by atoms with van der Waals surface area (Å²) in [7, 11) is 0. The SMILES string of the molecule is O=C(O)CCNC(=O)c1ccc2cc(F)ccc2n1. The van der Waals surface area contributed by atoms with E-state index in [2.05, 4.69) is 10.3 Å². The number of pyridine rings is 1. The van der Waals surface area contributed by atoms with E-state index >= 15 is 0 Å². The van der Waals surface area contributed by atoms with E-state index in [1.54, 1.807) is 6.07 Å². The van der Waals surface area contributed by atoms with Crippen LogP contribution in [0.3, 0.4) is 0 Å². The smallest absolute Gasteiger partial charge is 0.305 e. The van der Waals surface area contributed by atoms with Crippen LogP contribution >= 0.6 is 0 Å². The second-order valence-electron chi connectivity index (χ2n) is 3.93. The normalized spacial score (nSPS) is 10.4. The topological polar surface area (TPSA) is 79.3 Å². The molecule has 6 heteroatoms. The van der Waals surface area contributed by atoms with Gasteiger partial charge in [0.05, 0.1) is 11.9 Å². The van der Waals surface area contributed by atoms with Gasteiger partial charge in [-0.2, -0.15) is 0 Å². The maximum absolute atomic E-state index is 13.0. The summed E-state index contributed by atoms with van der Waals surface area (Å²) in [5.74, 6) is -1.80. The van der Waals surface area contributed by atoms with E-state index in [-0.39, 0.29) is 24.5 Å². The van der Waals surface area contributed by atoms with Crippen LogP contribution in [0.15, 0.2) is 30.3 Å². The van der Waals surface area contributed by atoms with Crippen molar-refractivity contribution in [2.75, 3.05) is 6.54 Å². The number of benzene rings is 1. The van der Waals surface area contributed by atoms with Crippen molar-refractivity contribution in [1.29, 1.82) is 0 Å². The van der Waals surface area contributed by atoms with Crippen LogP contribution < -0.4 is 5.32 Å². The molecule has 1 amide bonds. The van der Waals surface area contributed by atoms with Gasteiger partial charge in [0, 0.05) is 11.9 Å². The predicted molar refractivity (Wildman–Crippen MR) is 66.3 cm³/mol. The average molecular weight is 262 g/mol. The molecule has 0 radical (unpaired) electrons. The maximum Gasteiger partial charge on any atom is 0.305 e. The van der Waals surface area contributed by atoms with E-state index in [0.717, 1.165) is 0 Å². The molecule has 0 bridgehead atoms. The van der Waals surface area contributed by atoms with E-state index in [4.69, 9.17) is 5.11 Å². The van der Waals surface area contributed by atoms with Crippen LogP contribution in [0.2, 0.25) is 0 Å². The highest BCUT2D eigenvalue weighted by atomic mass is 19.1. The summed E-state index contributed by atoms with van der Waals surface area (Å²) < 4.78 is 13.0. The third-order valence-electron chi connectivity index (χ3n) is 2.51. The highest BCUT2D eigenvalue weighted by molar-refractivity contribution is 5.95. The van der Waals surface area contributed by atoms with Gasteiger partial charge in [-0.15, -0.1) is 0 Å². The lowest BCUT2D eigenvalue weighted by molar-refractivity contribution is -0.136. The standard InChI is InChI=1S/C13H11FN2O3/c14-9-2-4-10-8(7-9)1-3-11(16-10)13(19)15-6-5-12(17)18/h1-4,7H,5-6H2,(H,15,19)(H,17,18). The van der Waals surface area contributed by atoms with Crippen molar-refractivity contribution in [2.24, 2.45) is 0 Å². The van der Waals surface area contributed by atoms with Crippen molar-refractivity contribution in [3.05, 3.63) is 41.8 Å². The number of fused-ring (bicyclic) bond motifs is 1. The molecule has 0 unspecified atom stereocenters. The Morgan fingerprint density at radius 1 is 1.26 bits per heavy atom. The molecule has 5 nitrogen and oxygen atoms in total. The number of halogens is 1. The fourth-order valence-electron chi connectivity index (χ4n) is 1.60. The van der Waals surface area contributed by atoms with E-state index in [1.807, 2.05) is 0 Å². The summed E-state index contributed by atoms with van der Waals surface area (Å²) in [5, 5.41) is 11.5. The Labute approximate surface area is 108 Å². The van der Waals surface area contributed by atoms with Gasteiger partial charge in [-0.25, -0.2) is 9.37 Å². The zero-order chi connectivity index (χ0) is 13.8. The van der Waals surface area contributed by atoms with Crippen LogP contribution in [0.25, 0.3) is 10.9 Å². The van der Waals surface area contributed by atoms with Crippen molar-refractivity contribution >= 4 is 22.8 Å². The first-order valence-corrected chi connectivity index (χ1v) is 5.62. The summed E-state index contributed by atoms with van der Waals surface area (Å²) in [6, 6.07) is 7.14. The molecule has 0 aliphatic rings. The van der Waals surface area contributed by atoms with E-state index in [1.165, 1.54) is 24.3 Å². The van der Waals surface area contributed by atoms with Crippen LogP contribution in [0.5, 0.6) is 0 Å². The number of carboxylic acid groups (broad SMARTS) is 1. The van der Waals surface area contributed by atoms with Crippen molar-refractivity contribution in [3.8, 4) is 0 Å². The fraction of sp³-hybridized carbons (Fsp3) is 0.154. The molecule has 0 atom stereocenters. The third-order valence-corrected chi connectivity index (χ3v) is 2.51. The van der Waals surface area contributed by atoms with E-state index in [0.29, 0.717) is 10.9 Å². The molecule has 0 aliphatic heterocycles. The molecule has 2 N–H and O–H groups in total. The Balaban J connectivity index is 2.14. The van der Waals surface area contributed by atoms with Gasteiger partial charge >= 0.3 is 5.97 Å². The lowest BCUT2D eigenvalue weighted by Crippen LogP contribution is -2.26. The Bertz CT molecular complexity index is 643. The van der Waals surface area contributed by atoms with E-state index in [9.17, 15) is 14.0 Å². The number of rotatable bonds is 4. The first-order valence-electron chi connectivity index (χ1n) is 5.62. The summed E-state index contributed by atoms with van der Waals surface area (Å²) in [5.41, 5.74) is 0.678. The number of hydrogen-bond acceptors (Lipinski definition) is 3. The van der Waals surface area contributed by atoms with Gasteiger partial charge in [0.25, 0.3) is 5.91 Å². The number of carboxylic acids is 1. The van der Waals surface area contributed by atoms with Gasteiger partial charge in [-0.1, -0.05) is 6.07 Å². The van der Waals surface area contributed by atoms with Crippen LogP contribution in [0, 0.1) is 5.82 Å². The summed E-state index contributed by atoms with van der Waals surface area (Å²) in [6.45, 7) is 0.0390. The summed E-state index contributed by atoms with van der Waals surface area (Å²) in [4.78, 5) is 26.1. The molecule has 0 spiro atoms. The molecule has 1 aromatic heterocycles. The number of aromatic nitrogens is 1. The number of aliphatic carboxylic acids is 1. The molecule has 0 saturated heterocycles. The van der Waals surface area contributed by atoms with Crippen LogP contribution in [0.1, 0.15) is 16.9 Å². The van der Waals surface area contributed by atoms with Crippen LogP contribution in [0.4, 0.5) is 4.39 Å². The number of nitrogens with zero attached hydrogens (tertiary/aromatic N) is 1. The molecule has 1 heterocycles. The molecule has 0 saturated carbocycles. The van der Waals surface area contributed by atoms with Gasteiger partial charge < -0.3 is 10.4 Å². The second-order valence-corrected chi connectivity index (χ2v) is 3.93. The number of hydrogen-bond donors (Lipinski definition) is 2. The Hall–Kier alpha value is -2.50. The maximum atomic E-state index is 13.0. The van der Waals surface area contributed by atoms with Gasteiger partial charge in [0.15, 0.2) is 0 Å². The lowest BCUT2D eigenvalue weighted by atomic mass is 10.2. The van der Waals surface area contributed by atoms with Gasteiger partial charge in [0.2, 0.25) is 0 Å². The average Bonchev–Trinajstić information content (AvgIpc) is 2.37. The molecule has 0 fully saturated rings. The zero-order valence-corrected chi connectivity index (χ0v) is 9.89. The lowest BCUT2D eigenvalue weighted by Gasteiger charge is -2.04. The van der Waals surface area contributed by atoms with E-state index < -0.39 is 11.9 Å². The minimum atomic E-state index is -0.984. The van der Waals surface area contributed by atoms with Crippen molar-refractivity contribution < 1.29 is 19.1 Å². The number of carbonyl (C=O) groups excluding carboxylic acids is 1. The minimum absolute atomic E-state index is 0.0390. The van der Waals surface area contributed by atoms with Gasteiger partial charge in [-0.3, -0.25) is 9.59 Å². The zero-order valence-electron chi connectivity index (χ0n) is 9.89. The molecule has 98 valence electrons. The fourth-order valence-corrected chi connectivity index (χ4v) is 1.60. The molecular weight excluding hydrogens is 251 g/mol. The number of amides is 1. The largest absolute Gasteiger partial charge is 0.481 e. The molecule has 1 aromatic carbocycles. The van der Waals surface area contributed by atoms with Gasteiger partial charge in [0.1, 0.15) is 11.5 Å². The second kappa shape index (κ2) is 5.43. The first-order chi connectivity index (χ1) is 9.06. The Morgan fingerprint density at radius 3 is 2.79 bits per heavy atom. The third kappa shape index (κ3) is 3.25. The predicted octanol–water partition coefficient (Wildman–Crippen LogP) is 1.58. The summed E-state index contributed by atoms with van der Waals surface area (Å²) >= 11 is 0. The molecule has 2 rings (SSSR count). The monoisotopic (exact) mass is 262 g/mol. The first kappa shape index (κ1) is 12.9. The van der Waals surface area contributed by atoms with Crippen LogP contribution in [-0.4, -0.2) is 28.5 Å². The quantitative estimate of drug-likeness (QED) is 0.876. The molecular formula is C13H11FN2O3. The van der Waals surface area contributed by atoms with Crippen LogP contribution in [-0.2, 0) is 4.79 Å². The van der Waals surface area contributed by atoms with Gasteiger partial charge in [-0.05, 0) is 24.3 Å². The molecule has 2 aromatic rings. The highest BCUT2D eigenvalue weighted by Crippen LogP contribution is 2.14. The minimum Gasteiger partial charge on any atom is -0.481 e. The van der Waals surface area contributed by atoms with Crippen molar-refractivity contribution in [1.82, 2.24) is 10.3 Å². The number of nitrogens with one attached hydrogen (secondary N) is 1. The van der Waals surface area contributed by atoms with Crippen molar-refractivity contribution in [3.63, 3.8) is 0 Å². The Kier molecular flexibility index (Phi) is 3.70. The summed E-state index contributed by atoms with van der Waals surface area (Å²) in [6.07, 6.45) is -0.148. The number of carbonyl (C=O) groups is 2. The highest BCUT2D eigenvalue weighted by Gasteiger charge is 2.08. The van der Waals surface area contributed by atoms with Crippen molar-refractivity contribution in [2.45, 2.75) is 6.42 Å². The molecule has 19 heavy (non-hydrogen) atoms. The molecule has 0 aliphatic carbocycles. The Morgan fingerprint density at radius 2 is 2.05 bits per heavy atom.